The summed E-state index contributed by atoms with van der Waals surface area (Å²) in [6.07, 6.45) is 1.63. The van der Waals surface area contributed by atoms with Crippen LogP contribution in [-0.4, -0.2) is 19.1 Å². The first-order valence-electron chi connectivity index (χ1n) is 6.53. The lowest BCUT2D eigenvalue weighted by molar-refractivity contribution is -0.119. The van der Waals surface area contributed by atoms with E-state index in [2.05, 4.69) is 31.3 Å². The predicted octanol–water partition coefficient (Wildman–Crippen LogP) is 2.71. The summed E-state index contributed by atoms with van der Waals surface area (Å²) < 4.78 is 5.16. The maximum atomic E-state index is 11.6. The Labute approximate surface area is 109 Å². The van der Waals surface area contributed by atoms with E-state index in [0.29, 0.717) is 18.3 Å². The van der Waals surface area contributed by atoms with Crippen LogP contribution in [0.1, 0.15) is 38.2 Å². The Hall–Kier alpha value is -1.51. The van der Waals surface area contributed by atoms with Gasteiger partial charge in [-0.1, -0.05) is 26.0 Å². The number of amides is 1. The number of nitrogens with one attached hydrogen (secondary N) is 1. The average molecular weight is 247 g/mol. The normalized spacial score (nSPS) is 23.2. The second-order valence-corrected chi connectivity index (χ2v) is 5.39. The van der Waals surface area contributed by atoms with Gasteiger partial charge >= 0.3 is 0 Å². The average Bonchev–Trinajstić information content (AvgIpc) is 2.69. The minimum atomic E-state index is 0.168. The van der Waals surface area contributed by atoms with Crippen LogP contribution in [0.15, 0.2) is 24.3 Å². The quantitative estimate of drug-likeness (QED) is 0.888. The van der Waals surface area contributed by atoms with Crippen LogP contribution in [0.4, 0.5) is 0 Å². The van der Waals surface area contributed by atoms with Crippen molar-refractivity contribution in [3.05, 3.63) is 29.8 Å². The molecular formula is C15H21NO2. The monoisotopic (exact) mass is 247 g/mol. The first kappa shape index (κ1) is 12.9. The highest BCUT2D eigenvalue weighted by atomic mass is 16.5. The number of rotatable bonds is 4. The number of methoxy groups -OCH3 is 1. The van der Waals surface area contributed by atoms with Crippen LogP contribution in [0.3, 0.4) is 0 Å². The summed E-state index contributed by atoms with van der Waals surface area (Å²) in [7, 11) is 1.66. The second kappa shape index (κ2) is 5.42. The molecule has 1 aromatic rings. The molecule has 2 rings (SSSR count). The van der Waals surface area contributed by atoms with Gasteiger partial charge in [0.1, 0.15) is 5.75 Å². The molecule has 1 amide bonds. The molecule has 1 saturated heterocycles. The molecule has 1 aromatic carbocycles. The molecule has 1 aliphatic rings. The molecule has 0 aromatic heterocycles. The highest BCUT2D eigenvalue weighted by molar-refractivity contribution is 5.80. The van der Waals surface area contributed by atoms with Crippen LogP contribution >= 0.6 is 0 Å². The van der Waals surface area contributed by atoms with Crippen LogP contribution in [-0.2, 0) is 4.79 Å². The summed E-state index contributed by atoms with van der Waals surface area (Å²) in [5.41, 5.74) is 1.22. The molecule has 1 fully saturated rings. The fraction of sp³-hybridized carbons (Fsp3) is 0.533. The zero-order valence-electron chi connectivity index (χ0n) is 11.3. The Morgan fingerprint density at radius 2 is 2.00 bits per heavy atom. The molecule has 3 heteroatoms. The molecule has 0 aliphatic carbocycles. The van der Waals surface area contributed by atoms with E-state index in [1.165, 1.54) is 5.56 Å². The maximum absolute atomic E-state index is 11.6. The fourth-order valence-corrected chi connectivity index (χ4v) is 2.64. The molecule has 2 atom stereocenters. The van der Waals surface area contributed by atoms with Crippen molar-refractivity contribution < 1.29 is 9.53 Å². The standard InChI is InChI=1S/C15H21NO2/c1-10(2)8-14-13(9-15(17)16-14)11-4-6-12(18-3)7-5-11/h4-7,10,13-14H,8-9H2,1-3H3,(H,16,17). The van der Waals surface area contributed by atoms with Gasteiger partial charge in [-0.25, -0.2) is 0 Å². The van der Waals surface area contributed by atoms with Crippen molar-refractivity contribution in [2.75, 3.05) is 7.11 Å². The number of carbonyl (C=O) groups is 1. The number of hydrogen-bond acceptors (Lipinski definition) is 2. The minimum Gasteiger partial charge on any atom is -0.497 e. The van der Waals surface area contributed by atoms with Gasteiger partial charge in [0.15, 0.2) is 0 Å². The Kier molecular flexibility index (Phi) is 3.90. The Bertz CT molecular complexity index is 411. The second-order valence-electron chi connectivity index (χ2n) is 5.39. The van der Waals surface area contributed by atoms with Gasteiger partial charge in [-0.3, -0.25) is 4.79 Å². The van der Waals surface area contributed by atoms with E-state index in [1.54, 1.807) is 7.11 Å². The SMILES string of the molecule is COc1ccc(C2CC(=O)NC2CC(C)C)cc1. The van der Waals surface area contributed by atoms with Crippen molar-refractivity contribution in [2.24, 2.45) is 5.92 Å². The highest BCUT2D eigenvalue weighted by Gasteiger charge is 2.33. The lowest BCUT2D eigenvalue weighted by Crippen LogP contribution is -2.29. The molecule has 0 saturated carbocycles. The largest absolute Gasteiger partial charge is 0.497 e. The first-order valence-corrected chi connectivity index (χ1v) is 6.53. The van der Waals surface area contributed by atoms with Crippen molar-refractivity contribution >= 4 is 5.91 Å². The van der Waals surface area contributed by atoms with Crippen LogP contribution in [0.5, 0.6) is 5.75 Å². The molecule has 1 heterocycles. The van der Waals surface area contributed by atoms with Gasteiger partial charge < -0.3 is 10.1 Å². The van der Waals surface area contributed by atoms with E-state index in [4.69, 9.17) is 4.74 Å². The summed E-state index contributed by atoms with van der Waals surface area (Å²) in [6, 6.07) is 8.33. The van der Waals surface area contributed by atoms with Crippen LogP contribution in [0, 0.1) is 5.92 Å². The predicted molar refractivity (Wildman–Crippen MR) is 71.7 cm³/mol. The fourth-order valence-electron chi connectivity index (χ4n) is 2.64. The number of hydrogen-bond donors (Lipinski definition) is 1. The zero-order chi connectivity index (χ0) is 13.1. The molecule has 0 spiro atoms. The first-order chi connectivity index (χ1) is 8.60. The molecule has 98 valence electrons. The van der Waals surface area contributed by atoms with E-state index >= 15 is 0 Å². The van der Waals surface area contributed by atoms with E-state index in [9.17, 15) is 4.79 Å². The van der Waals surface area contributed by atoms with E-state index < -0.39 is 0 Å². The summed E-state index contributed by atoms with van der Waals surface area (Å²) in [5.74, 6) is 1.91. The van der Waals surface area contributed by atoms with Gasteiger partial charge in [-0.2, -0.15) is 0 Å². The third-order valence-corrected chi connectivity index (χ3v) is 3.51. The zero-order valence-corrected chi connectivity index (χ0v) is 11.3. The van der Waals surface area contributed by atoms with E-state index in [0.717, 1.165) is 12.2 Å². The van der Waals surface area contributed by atoms with Gasteiger partial charge in [0.25, 0.3) is 0 Å². The van der Waals surface area contributed by atoms with Crippen LogP contribution < -0.4 is 10.1 Å². The lowest BCUT2D eigenvalue weighted by atomic mass is 9.87. The van der Waals surface area contributed by atoms with Gasteiger partial charge in [0, 0.05) is 18.4 Å². The minimum absolute atomic E-state index is 0.168. The molecule has 1 aliphatic heterocycles. The van der Waals surface area contributed by atoms with Crippen molar-refractivity contribution in [3.63, 3.8) is 0 Å². The maximum Gasteiger partial charge on any atom is 0.220 e. The Balaban J connectivity index is 2.15. The number of carbonyl (C=O) groups excluding carboxylic acids is 1. The van der Waals surface area contributed by atoms with Crippen LogP contribution in [0.25, 0.3) is 0 Å². The molecule has 0 radical (unpaired) electrons. The van der Waals surface area contributed by atoms with E-state index in [-0.39, 0.29) is 11.9 Å². The van der Waals surface area contributed by atoms with Crippen molar-refractivity contribution in [1.82, 2.24) is 5.32 Å². The smallest absolute Gasteiger partial charge is 0.220 e. The highest BCUT2D eigenvalue weighted by Crippen LogP contribution is 2.32. The van der Waals surface area contributed by atoms with Gasteiger partial charge in [0.05, 0.1) is 7.11 Å². The third-order valence-electron chi connectivity index (χ3n) is 3.51. The van der Waals surface area contributed by atoms with E-state index in [1.807, 2.05) is 12.1 Å². The number of ether oxygens (including phenoxy) is 1. The van der Waals surface area contributed by atoms with Crippen molar-refractivity contribution in [1.29, 1.82) is 0 Å². The molecular weight excluding hydrogens is 226 g/mol. The van der Waals surface area contributed by atoms with Crippen molar-refractivity contribution in [2.45, 2.75) is 38.6 Å². The van der Waals surface area contributed by atoms with Gasteiger partial charge in [-0.05, 0) is 30.0 Å². The molecule has 2 unspecified atom stereocenters. The lowest BCUT2D eigenvalue weighted by Gasteiger charge is -2.21. The summed E-state index contributed by atoms with van der Waals surface area (Å²) in [4.78, 5) is 11.6. The van der Waals surface area contributed by atoms with Gasteiger partial charge in [0.2, 0.25) is 5.91 Å². The Morgan fingerprint density at radius 1 is 1.33 bits per heavy atom. The summed E-state index contributed by atoms with van der Waals surface area (Å²) >= 11 is 0. The molecule has 1 N–H and O–H groups in total. The van der Waals surface area contributed by atoms with Crippen molar-refractivity contribution in [3.8, 4) is 5.75 Å². The molecule has 3 nitrogen and oxygen atoms in total. The topological polar surface area (TPSA) is 38.3 Å². The molecule has 0 bridgehead atoms. The third kappa shape index (κ3) is 2.84. The van der Waals surface area contributed by atoms with Crippen LogP contribution in [0.2, 0.25) is 0 Å². The Morgan fingerprint density at radius 3 is 2.56 bits per heavy atom. The number of benzene rings is 1. The summed E-state index contributed by atoms with van der Waals surface area (Å²) in [5, 5.41) is 3.09. The van der Waals surface area contributed by atoms with Gasteiger partial charge in [-0.15, -0.1) is 0 Å². The summed E-state index contributed by atoms with van der Waals surface area (Å²) in [6.45, 7) is 4.38. The molecule has 18 heavy (non-hydrogen) atoms.